The Morgan fingerprint density at radius 2 is 0.614 bits per heavy atom. The maximum absolute atomic E-state index is 15.0. The summed E-state index contributed by atoms with van der Waals surface area (Å²) in [5.74, 6) is 0.312. The molecule has 12 rings (SSSR count). The number of aromatic nitrogens is 5. The highest BCUT2D eigenvalue weighted by atomic mass is 19.4. The van der Waals surface area contributed by atoms with E-state index in [9.17, 15) is 52.7 Å². The quantitative estimate of drug-likeness (QED) is 0.135. The molecule has 9 aromatic carbocycles. The summed E-state index contributed by atoms with van der Waals surface area (Å²) in [7, 11) is 0. The fourth-order valence-corrected chi connectivity index (χ4v) is 10.2. The second-order valence-electron chi connectivity index (χ2n) is 19.4. The third kappa shape index (κ3) is 10.6. The molecule has 0 unspecified atom stereocenters. The van der Waals surface area contributed by atoms with Crippen molar-refractivity contribution >= 4 is 21.8 Å². The summed E-state index contributed by atoms with van der Waals surface area (Å²) in [4.78, 5) is 20.4. The monoisotopic (exact) mass is 1130 g/mol. The fourth-order valence-electron chi connectivity index (χ4n) is 10.2. The molecule has 0 saturated heterocycles. The van der Waals surface area contributed by atoms with E-state index < -0.39 is 58.1 Å². The third-order valence-corrected chi connectivity index (χ3v) is 14.2. The van der Waals surface area contributed by atoms with Gasteiger partial charge in [0.15, 0.2) is 11.6 Å². The standard InChI is InChI=1S/C66H37F12N5/c67-63(68,69)45-24-28-47(52(34-45)65(73,74)75)42-21-26-49-50-27-22-43(48-29-25-46(64(70,71)72)35-53(48)66(76,77)78)33-60(50)83(59(49)32-42)58-30-23-44(61-79-54(38-13-5-1-6-14-38)36-55(80-61)39-15-7-2-8-16-39)31-51(58)62-81-56(40-17-9-3-10-18-40)37-57(82-62)41-19-11-4-12-20-41/h1-37H. The zero-order chi connectivity index (χ0) is 58.0. The number of benzene rings is 9. The van der Waals surface area contributed by atoms with Crippen LogP contribution in [0.15, 0.2) is 224 Å². The van der Waals surface area contributed by atoms with Gasteiger partial charge in [0.2, 0.25) is 0 Å². The van der Waals surface area contributed by atoms with E-state index in [1.54, 1.807) is 28.8 Å². The van der Waals surface area contributed by atoms with Crippen molar-refractivity contribution < 1.29 is 52.7 Å². The normalized spacial score (nSPS) is 12.3. The molecule has 3 heterocycles. The lowest BCUT2D eigenvalue weighted by atomic mass is 9.95. The molecule has 17 heteroatoms. The van der Waals surface area contributed by atoms with Crippen LogP contribution >= 0.6 is 0 Å². The minimum absolute atomic E-state index is 0.0277. The van der Waals surface area contributed by atoms with Crippen LogP contribution in [0.5, 0.6) is 0 Å². The highest BCUT2D eigenvalue weighted by Gasteiger charge is 2.40. The van der Waals surface area contributed by atoms with E-state index in [0.29, 0.717) is 62.4 Å². The van der Waals surface area contributed by atoms with Crippen molar-refractivity contribution in [2.45, 2.75) is 24.7 Å². The Morgan fingerprint density at radius 3 is 0.964 bits per heavy atom. The van der Waals surface area contributed by atoms with Crippen LogP contribution in [0, 0.1) is 0 Å². The Balaban J connectivity index is 1.20. The van der Waals surface area contributed by atoms with E-state index in [2.05, 4.69) is 0 Å². The van der Waals surface area contributed by atoms with Crippen LogP contribution < -0.4 is 0 Å². The lowest BCUT2D eigenvalue weighted by Crippen LogP contribution is -2.12. The van der Waals surface area contributed by atoms with Crippen LogP contribution in [0.1, 0.15) is 22.3 Å². The summed E-state index contributed by atoms with van der Waals surface area (Å²) in [6.07, 6.45) is -20.8. The van der Waals surface area contributed by atoms with E-state index in [1.807, 2.05) is 127 Å². The van der Waals surface area contributed by atoms with Gasteiger partial charge in [0.1, 0.15) is 0 Å². The molecule has 0 N–H and O–H groups in total. The first-order valence-electron chi connectivity index (χ1n) is 25.5. The van der Waals surface area contributed by atoms with Crippen LogP contribution in [-0.4, -0.2) is 24.5 Å². The maximum atomic E-state index is 15.0. The van der Waals surface area contributed by atoms with Crippen molar-refractivity contribution in [3.8, 4) is 95.7 Å². The molecule has 12 aromatic rings. The third-order valence-electron chi connectivity index (χ3n) is 14.2. The van der Waals surface area contributed by atoms with Gasteiger partial charge in [-0.05, 0) is 89.0 Å². The number of halogens is 12. The molecule has 0 spiro atoms. The Hall–Kier alpha value is -9.90. The van der Waals surface area contributed by atoms with Gasteiger partial charge in [-0.3, -0.25) is 0 Å². The number of hydrogen-bond donors (Lipinski definition) is 0. The van der Waals surface area contributed by atoms with Crippen LogP contribution in [-0.2, 0) is 24.7 Å². The summed E-state index contributed by atoms with van der Waals surface area (Å²) >= 11 is 0. The van der Waals surface area contributed by atoms with Crippen LogP contribution in [0.25, 0.3) is 118 Å². The summed E-state index contributed by atoms with van der Waals surface area (Å²) in [5.41, 5.74) is -1.87. The summed E-state index contributed by atoms with van der Waals surface area (Å²) in [5, 5.41) is 0.647. The topological polar surface area (TPSA) is 56.5 Å². The highest BCUT2D eigenvalue weighted by Crippen LogP contribution is 2.47. The Kier molecular flexibility index (Phi) is 13.3. The summed E-state index contributed by atoms with van der Waals surface area (Å²) in [6, 6.07) is 56.4. The van der Waals surface area contributed by atoms with E-state index >= 15 is 0 Å². The van der Waals surface area contributed by atoms with Crippen molar-refractivity contribution in [2.75, 3.05) is 0 Å². The zero-order valence-electron chi connectivity index (χ0n) is 42.6. The summed E-state index contributed by atoms with van der Waals surface area (Å²) in [6.45, 7) is 0. The molecule has 5 nitrogen and oxygen atoms in total. The number of rotatable bonds is 9. The maximum Gasteiger partial charge on any atom is 0.417 e. The van der Waals surface area contributed by atoms with Crippen molar-refractivity contribution in [1.82, 2.24) is 24.5 Å². The first-order chi connectivity index (χ1) is 39.7. The lowest BCUT2D eigenvalue weighted by Gasteiger charge is -2.19. The second kappa shape index (κ2) is 20.6. The first-order valence-corrected chi connectivity index (χ1v) is 25.5. The molecule has 0 fully saturated rings. The molecule has 0 aliphatic carbocycles. The van der Waals surface area contributed by atoms with E-state index in [4.69, 9.17) is 19.9 Å². The number of hydrogen-bond acceptors (Lipinski definition) is 4. The Labute approximate surface area is 464 Å². The van der Waals surface area contributed by atoms with Crippen molar-refractivity contribution in [2.24, 2.45) is 0 Å². The van der Waals surface area contributed by atoms with E-state index in [-0.39, 0.29) is 57.2 Å². The molecular weight excluding hydrogens is 1090 g/mol. The number of nitrogens with zero attached hydrogens (tertiary/aromatic N) is 5. The number of alkyl halides is 12. The molecule has 83 heavy (non-hydrogen) atoms. The Morgan fingerprint density at radius 1 is 0.265 bits per heavy atom. The van der Waals surface area contributed by atoms with E-state index in [0.717, 1.165) is 23.3 Å². The predicted octanol–water partition coefficient (Wildman–Crippen LogP) is 19.8. The summed E-state index contributed by atoms with van der Waals surface area (Å²) < 4.78 is 176. The minimum atomic E-state index is -5.29. The molecule has 0 aliphatic heterocycles. The van der Waals surface area contributed by atoms with Gasteiger partial charge in [0.05, 0.1) is 61.8 Å². The van der Waals surface area contributed by atoms with Gasteiger partial charge in [-0.2, -0.15) is 52.7 Å². The molecule has 410 valence electrons. The van der Waals surface area contributed by atoms with E-state index in [1.165, 1.54) is 36.4 Å². The zero-order valence-corrected chi connectivity index (χ0v) is 42.6. The van der Waals surface area contributed by atoms with Gasteiger partial charge in [-0.15, -0.1) is 0 Å². The first kappa shape index (κ1) is 53.7. The molecule has 0 bridgehead atoms. The van der Waals surface area contributed by atoms with Crippen molar-refractivity contribution in [1.29, 1.82) is 0 Å². The lowest BCUT2D eigenvalue weighted by molar-refractivity contribution is -0.144. The number of fused-ring (bicyclic) bond motifs is 3. The van der Waals surface area contributed by atoms with Crippen molar-refractivity contribution in [3.63, 3.8) is 0 Å². The van der Waals surface area contributed by atoms with Crippen molar-refractivity contribution in [3.05, 3.63) is 247 Å². The second-order valence-corrected chi connectivity index (χ2v) is 19.4. The molecule has 0 aliphatic rings. The van der Waals surface area contributed by atoms with Crippen LogP contribution in [0.3, 0.4) is 0 Å². The van der Waals surface area contributed by atoms with Crippen LogP contribution in [0.2, 0.25) is 0 Å². The van der Waals surface area contributed by atoms with Gasteiger partial charge in [-0.1, -0.05) is 158 Å². The van der Waals surface area contributed by atoms with Gasteiger partial charge in [0.25, 0.3) is 0 Å². The highest BCUT2D eigenvalue weighted by molar-refractivity contribution is 6.12. The van der Waals surface area contributed by atoms with Crippen LogP contribution in [0.4, 0.5) is 52.7 Å². The molecule has 0 amide bonds. The van der Waals surface area contributed by atoms with Gasteiger partial charge >= 0.3 is 24.7 Å². The van der Waals surface area contributed by atoms with Gasteiger partial charge < -0.3 is 4.57 Å². The average molecular weight is 1130 g/mol. The SMILES string of the molecule is FC(F)(F)c1ccc(-c2ccc3c4ccc(-c5ccc(C(F)(F)F)cc5C(F)(F)F)cc4n(-c4ccc(-c5nc(-c6ccccc6)cc(-c6ccccc6)n5)cc4-c4nc(-c5ccccc5)cc(-c5ccccc5)n4)c3c2)c(C(F)(F)F)c1. The molecule has 3 aromatic heterocycles. The smallest absolute Gasteiger partial charge is 0.308 e. The van der Waals surface area contributed by atoms with Gasteiger partial charge in [0, 0.05) is 44.2 Å². The molecule has 0 radical (unpaired) electrons. The Bertz CT molecular complexity index is 4170. The predicted molar refractivity (Wildman–Crippen MR) is 295 cm³/mol. The average Bonchev–Trinajstić information content (AvgIpc) is 2.88. The largest absolute Gasteiger partial charge is 0.417 e. The van der Waals surface area contributed by atoms with Gasteiger partial charge in [-0.25, -0.2) is 19.9 Å². The fraction of sp³-hybridized carbons (Fsp3) is 0.0606. The molecule has 0 saturated carbocycles. The molecular formula is C66H37F12N5. The molecule has 0 atom stereocenters. The minimum Gasteiger partial charge on any atom is -0.308 e.